The Labute approximate surface area is 144 Å². The van der Waals surface area contributed by atoms with E-state index in [1.807, 2.05) is 49.7 Å². The van der Waals surface area contributed by atoms with Gasteiger partial charge in [-0.1, -0.05) is 12.1 Å². The molecule has 0 saturated carbocycles. The van der Waals surface area contributed by atoms with Gasteiger partial charge in [0.15, 0.2) is 0 Å². The third-order valence-electron chi connectivity index (χ3n) is 3.76. The number of amides is 1. The normalized spacial score (nSPS) is 14.9. The fourth-order valence-electron chi connectivity index (χ4n) is 2.63. The highest BCUT2D eigenvalue weighted by atomic mass is 79.9. The number of anilines is 1. The zero-order valence-electron chi connectivity index (χ0n) is 13.5. The van der Waals surface area contributed by atoms with Gasteiger partial charge in [0, 0.05) is 6.54 Å². The highest BCUT2D eigenvalue weighted by molar-refractivity contribution is 9.10. The summed E-state index contributed by atoms with van der Waals surface area (Å²) in [6.45, 7) is 7.39. The number of fused-ring (bicyclic) bond motifs is 1. The van der Waals surface area contributed by atoms with Crippen LogP contribution < -0.4 is 9.64 Å². The van der Waals surface area contributed by atoms with Crippen LogP contribution in [0.5, 0.6) is 5.75 Å². The molecule has 0 fully saturated rings. The van der Waals surface area contributed by atoms with Gasteiger partial charge >= 0.3 is 0 Å². The van der Waals surface area contributed by atoms with Crippen molar-refractivity contribution in [2.45, 2.75) is 32.7 Å². The molecule has 23 heavy (non-hydrogen) atoms. The molecule has 3 rings (SSSR count). The highest BCUT2D eigenvalue weighted by Crippen LogP contribution is 2.33. The maximum atomic E-state index is 13.1. The molecular weight excluding hydrogens is 358 g/mol. The van der Waals surface area contributed by atoms with Gasteiger partial charge < -0.3 is 9.64 Å². The Bertz CT molecular complexity index is 734. The number of benzene rings is 1. The topological polar surface area (TPSA) is 47.4 Å². The van der Waals surface area contributed by atoms with Gasteiger partial charge in [-0.15, -0.1) is 0 Å². The largest absolute Gasteiger partial charge is 0.491 e. The number of carbonyl (C=O) groups is 1. The third kappa shape index (κ3) is 3.00. The lowest BCUT2D eigenvalue weighted by Crippen LogP contribution is -2.32. The quantitative estimate of drug-likeness (QED) is 0.758. The molecule has 1 aliphatic rings. The summed E-state index contributed by atoms with van der Waals surface area (Å²) < 4.78 is 8.25. The number of halogens is 1. The molecule has 2 aromatic rings. The fourth-order valence-corrected chi connectivity index (χ4v) is 3.52. The number of nitrogens with zero attached hydrogens (tertiary/aromatic N) is 3. The summed E-state index contributed by atoms with van der Waals surface area (Å²) in [5.41, 5.74) is 1.18. The van der Waals surface area contributed by atoms with Gasteiger partial charge in [-0.25, -0.2) is 0 Å². The zero-order chi connectivity index (χ0) is 16.6. The molecule has 6 heteroatoms. The van der Waals surface area contributed by atoms with Crippen LogP contribution in [0.1, 0.15) is 37.6 Å². The van der Waals surface area contributed by atoms with Crippen molar-refractivity contribution >= 4 is 27.5 Å². The highest BCUT2D eigenvalue weighted by Gasteiger charge is 2.28. The molecule has 1 aromatic heterocycles. The van der Waals surface area contributed by atoms with Gasteiger partial charge in [-0.3, -0.25) is 9.48 Å². The van der Waals surface area contributed by atoms with E-state index in [9.17, 15) is 4.79 Å². The van der Waals surface area contributed by atoms with E-state index in [0.717, 1.165) is 17.9 Å². The van der Waals surface area contributed by atoms with Crippen LogP contribution in [0, 0.1) is 0 Å². The Balaban J connectivity index is 2.00. The molecule has 0 unspecified atom stereocenters. The van der Waals surface area contributed by atoms with Gasteiger partial charge in [0.25, 0.3) is 5.91 Å². The average Bonchev–Trinajstić information content (AvgIpc) is 2.77. The second-order valence-corrected chi connectivity index (χ2v) is 7.31. The summed E-state index contributed by atoms with van der Waals surface area (Å²) in [4.78, 5) is 14.8. The number of ether oxygens (including phenoxy) is 1. The third-order valence-corrected chi connectivity index (χ3v) is 4.52. The van der Waals surface area contributed by atoms with Crippen molar-refractivity contribution in [2.24, 2.45) is 0 Å². The van der Waals surface area contributed by atoms with Crippen molar-refractivity contribution in [1.29, 1.82) is 0 Å². The maximum Gasteiger partial charge on any atom is 0.262 e. The molecule has 5 nitrogen and oxygen atoms in total. The number of aromatic nitrogens is 2. The second kappa shape index (κ2) is 6.00. The van der Waals surface area contributed by atoms with Gasteiger partial charge in [-0.05, 0) is 55.3 Å². The molecule has 0 atom stereocenters. The Hall–Kier alpha value is -1.82. The SMILES string of the molecule is CC(C)(C)n1ncc(C(=O)N2CCCOc3ccccc32)c1Br. The Morgan fingerprint density at radius 3 is 2.74 bits per heavy atom. The number of rotatable bonds is 1. The van der Waals surface area contributed by atoms with Crippen LogP contribution in [0.3, 0.4) is 0 Å². The van der Waals surface area contributed by atoms with E-state index in [1.165, 1.54) is 0 Å². The molecule has 1 aromatic carbocycles. The lowest BCUT2D eigenvalue weighted by atomic mass is 10.1. The summed E-state index contributed by atoms with van der Waals surface area (Å²) in [6, 6.07) is 7.65. The Morgan fingerprint density at radius 1 is 1.30 bits per heavy atom. The molecule has 1 aliphatic heterocycles. The minimum Gasteiger partial charge on any atom is -0.491 e. The van der Waals surface area contributed by atoms with Crippen molar-refractivity contribution in [3.05, 3.63) is 40.6 Å². The first kappa shape index (κ1) is 16.1. The van der Waals surface area contributed by atoms with Gasteiger partial charge in [0.1, 0.15) is 10.4 Å². The molecule has 2 heterocycles. The predicted molar refractivity (Wildman–Crippen MR) is 93.2 cm³/mol. The van der Waals surface area contributed by atoms with Gasteiger partial charge in [0.05, 0.1) is 29.6 Å². The minimum atomic E-state index is -0.197. The first-order chi connectivity index (χ1) is 10.9. The molecular formula is C17H20BrN3O2. The molecule has 122 valence electrons. The summed E-state index contributed by atoms with van der Waals surface area (Å²) in [6.07, 6.45) is 2.43. The number of hydrogen-bond acceptors (Lipinski definition) is 3. The Morgan fingerprint density at radius 2 is 2.04 bits per heavy atom. The minimum absolute atomic E-state index is 0.0645. The van der Waals surface area contributed by atoms with E-state index in [-0.39, 0.29) is 11.4 Å². The molecule has 1 amide bonds. The van der Waals surface area contributed by atoms with Crippen molar-refractivity contribution < 1.29 is 9.53 Å². The summed E-state index contributed by atoms with van der Waals surface area (Å²) in [5, 5.41) is 4.37. The molecule has 0 N–H and O–H groups in total. The standard InChI is InChI=1S/C17H20BrN3O2/c1-17(2,3)21-15(18)12(11-19-21)16(22)20-9-6-10-23-14-8-5-4-7-13(14)20/h4-5,7-8,11H,6,9-10H2,1-3H3. The van der Waals surface area contributed by atoms with Crippen LogP contribution in [0.2, 0.25) is 0 Å². The Kier molecular flexibility index (Phi) is 4.19. The van der Waals surface area contributed by atoms with Gasteiger partial charge in [-0.2, -0.15) is 5.10 Å². The summed E-state index contributed by atoms with van der Waals surface area (Å²) in [5.74, 6) is 0.683. The van der Waals surface area contributed by atoms with E-state index in [2.05, 4.69) is 21.0 Å². The first-order valence-electron chi connectivity index (χ1n) is 7.67. The van der Waals surface area contributed by atoms with Crippen LogP contribution >= 0.6 is 15.9 Å². The molecule has 0 aliphatic carbocycles. The number of hydrogen-bond donors (Lipinski definition) is 0. The molecule has 0 radical (unpaired) electrons. The van der Waals surface area contributed by atoms with Crippen molar-refractivity contribution in [1.82, 2.24) is 9.78 Å². The van der Waals surface area contributed by atoms with E-state index in [0.29, 0.717) is 23.3 Å². The van der Waals surface area contributed by atoms with Crippen LogP contribution in [0.25, 0.3) is 0 Å². The molecule has 0 saturated heterocycles. The van der Waals surface area contributed by atoms with Crippen LogP contribution in [-0.4, -0.2) is 28.8 Å². The second-order valence-electron chi connectivity index (χ2n) is 6.56. The lowest BCUT2D eigenvalue weighted by Gasteiger charge is -2.23. The van der Waals surface area contributed by atoms with Crippen LogP contribution in [0.4, 0.5) is 5.69 Å². The average molecular weight is 378 g/mol. The zero-order valence-corrected chi connectivity index (χ0v) is 15.1. The number of para-hydroxylation sites is 2. The monoisotopic (exact) mass is 377 g/mol. The van der Waals surface area contributed by atoms with E-state index < -0.39 is 0 Å². The number of carbonyl (C=O) groups excluding carboxylic acids is 1. The van der Waals surface area contributed by atoms with E-state index >= 15 is 0 Å². The fraction of sp³-hybridized carbons (Fsp3) is 0.412. The lowest BCUT2D eigenvalue weighted by molar-refractivity contribution is 0.0986. The smallest absolute Gasteiger partial charge is 0.262 e. The first-order valence-corrected chi connectivity index (χ1v) is 8.46. The van der Waals surface area contributed by atoms with Gasteiger partial charge in [0.2, 0.25) is 0 Å². The van der Waals surface area contributed by atoms with Crippen molar-refractivity contribution in [3.63, 3.8) is 0 Å². The van der Waals surface area contributed by atoms with Crippen LogP contribution in [-0.2, 0) is 5.54 Å². The van der Waals surface area contributed by atoms with E-state index in [4.69, 9.17) is 4.74 Å². The maximum absolute atomic E-state index is 13.1. The van der Waals surface area contributed by atoms with E-state index in [1.54, 1.807) is 11.1 Å². The summed E-state index contributed by atoms with van der Waals surface area (Å²) >= 11 is 3.54. The molecule has 0 bridgehead atoms. The molecule has 0 spiro atoms. The summed E-state index contributed by atoms with van der Waals surface area (Å²) in [7, 11) is 0. The predicted octanol–water partition coefficient (Wildman–Crippen LogP) is 3.83. The van der Waals surface area contributed by atoms with Crippen molar-refractivity contribution in [3.8, 4) is 5.75 Å². The van der Waals surface area contributed by atoms with Crippen molar-refractivity contribution in [2.75, 3.05) is 18.1 Å². The van der Waals surface area contributed by atoms with Crippen LogP contribution in [0.15, 0.2) is 35.1 Å².